The fourth-order valence-electron chi connectivity index (χ4n) is 5.42. The minimum absolute atomic E-state index is 0.0290. The van der Waals surface area contributed by atoms with Crippen molar-refractivity contribution in [1.82, 2.24) is 14.7 Å². The number of carbonyl (C=O) groups is 2. The van der Waals surface area contributed by atoms with Gasteiger partial charge in [-0.15, -0.1) is 11.3 Å². The molecule has 0 bridgehead atoms. The number of piperazine rings is 1. The van der Waals surface area contributed by atoms with E-state index in [1.165, 1.54) is 22.1 Å². The van der Waals surface area contributed by atoms with E-state index in [9.17, 15) is 14.0 Å². The Hall–Kier alpha value is -3.03. The molecule has 0 radical (unpaired) electrons. The molecule has 37 heavy (non-hydrogen) atoms. The maximum Gasteiger partial charge on any atom is 0.253 e. The maximum atomic E-state index is 14.1. The Bertz CT molecular complexity index is 1230. The molecule has 3 aromatic rings. The fourth-order valence-corrected chi connectivity index (χ4v) is 6.32. The van der Waals surface area contributed by atoms with Crippen molar-refractivity contribution >= 4 is 23.2 Å². The minimum atomic E-state index is -0.262. The molecule has 194 valence electrons. The van der Waals surface area contributed by atoms with Gasteiger partial charge in [0.05, 0.1) is 12.6 Å². The molecule has 1 fully saturated rings. The molecule has 1 saturated heterocycles. The molecule has 2 amide bonds. The second-order valence-corrected chi connectivity index (χ2v) is 11.0. The number of hydrogen-bond donors (Lipinski definition) is 0. The summed E-state index contributed by atoms with van der Waals surface area (Å²) >= 11 is 1.73. The highest BCUT2D eigenvalue weighted by molar-refractivity contribution is 7.10. The second-order valence-electron chi connectivity index (χ2n) is 9.95. The number of nitrogens with zero attached hydrogens (tertiary/aromatic N) is 3. The number of hydrogen-bond acceptors (Lipinski definition) is 4. The lowest BCUT2D eigenvalue weighted by Crippen LogP contribution is -2.53. The van der Waals surface area contributed by atoms with E-state index in [0.717, 1.165) is 37.8 Å². The summed E-state index contributed by atoms with van der Waals surface area (Å²) in [5.74, 6) is -0.170. The SMILES string of the molecule is CCCCc1ccc(C(=O)N2CCN(C(=O)CN3CCc4sccc4[C@@H]3c3cccc(F)c3)CC2)cc1. The van der Waals surface area contributed by atoms with Crippen molar-refractivity contribution in [2.24, 2.45) is 0 Å². The predicted octanol–water partition coefficient (Wildman–Crippen LogP) is 5.16. The van der Waals surface area contributed by atoms with E-state index in [2.05, 4.69) is 35.4 Å². The number of unbranched alkanes of at least 4 members (excludes halogenated alkanes) is 1. The molecule has 5 rings (SSSR count). The van der Waals surface area contributed by atoms with Crippen LogP contribution in [0.3, 0.4) is 0 Å². The Morgan fingerprint density at radius 2 is 1.73 bits per heavy atom. The fraction of sp³-hybridized carbons (Fsp3) is 0.400. The molecule has 5 nitrogen and oxygen atoms in total. The quantitative estimate of drug-likeness (QED) is 0.433. The maximum absolute atomic E-state index is 14.1. The average molecular weight is 520 g/mol. The van der Waals surface area contributed by atoms with Crippen LogP contribution in [0, 0.1) is 5.82 Å². The van der Waals surface area contributed by atoms with Gasteiger partial charge >= 0.3 is 0 Å². The second kappa shape index (κ2) is 11.6. The molecule has 7 heteroatoms. The van der Waals surface area contributed by atoms with Crippen molar-refractivity contribution in [2.45, 2.75) is 38.6 Å². The molecule has 1 aromatic heterocycles. The van der Waals surface area contributed by atoms with Crippen LogP contribution in [0.15, 0.2) is 60.0 Å². The van der Waals surface area contributed by atoms with E-state index >= 15 is 0 Å². The third-order valence-corrected chi connectivity index (χ3v) is 8.50. The van der Waals surface area contributed by atoms with E-state index in [0.29, 0.717) is 31.7 Å². The Labute approximate surface area is 222 Å². The molecule has 0 saturated carbocycles. The van der Waals surface area contributed by atoms with Crippen LogP contribution < -0.4 is 0 Å². The van der Waals surface area contributed by atoms with Crippen LogP contribution in [-0.4, -0.2) is 65.8 Å². The third-order valence-electron chi connectivity index (χ3n) is 7.51. The Morgan fingerprint density at radius 1 is 0.973 bits per heavy atom. The van der Waals surface area contributed by atoms with E-state index in [4.69, 9.17) is 0 Å². The number of benzene rings is 2. The number of rotatable bonds is 7. The summed E-state index contributed by atoms with van der Waals surface area (Å²) in [6, 6.07) is 16.6. The summed E-state index contributed by atoms with van der Waals surface area (Å²) in [7, 11) is 0. The molecule has 0 aliphatic carbocycles. The highest BCUT2D eigenvalue weighted by atomic mass is 32.1. The molecule has 1 atom stereocenters. The predicted molar refractivity (Wildman–Crippen MR) is 145 cm³/mol. The number of amides is 2. The van der Waals surface area contributed by atoms with Crippen LogP contribution in [0.1, 0.15) is 57.7 Å². The molecule has 2 aliphatic heterocycles. The molecular formula is C30H34FN3O2S. The lowest BCUT2D eigenvalue weighted by atomic mass is 9.93. The van der Waals surface area contributed by atoms with Crippen LogP contribution in [0.25, 0.3) is 0 Å². The van der Waals surface area contributed by atoms with Crippen LogP contribution >= 0.6 is 11.3 Å². The van der Waals surface area contributed by atoms with Gasteiger partial charge in [0.25, 0.3) is 5.91 Å². The first-order valence-electron chi connectivity index (χ1n) is 13.2. The zero-order chi connectivity index (χ0) is 25.8. The van der Waals surface area contributed by atoms with Gasteiger partial charge in [0.2, 0.25) is 5.91 Å². The van der Waals surface area contributed by atoms with Crippen molar-refractivity contribution < 1.29 is 14.0 Å². The minimum Gasteiger partial charge on any atom is -0.338 e. The highest BCUT2D eigenvalue weighted by Gasteiger charge is 2.33. The number of aryl methyl sites for hydroxylation is 1. The normalized spacial score (nSPS) is 18.1. The van der Waals surface area contributed by atoms with Crippen molar-refractivity contribution in [3.63, 3.8) is 0 Å². The van der Waals surface area contributed by atoms with Gasteiger partial charge in [-0.3, -0.25) is 14.5 Å². The first-order valence-corrected chi connectivity index (χ1v) is 14.1. The molecule has 2 aromatic carbocycles. The topological polar surface area (TPSA) is 43.9 Å². The van der Waals surface area contributed by atoms with Crippen LogP contribution in [0.5, 0.6) is 0 Å². The Balaban J connectivity index is 1.20. The lowest BCUT2D eigenvalue weighted by Gasteiger charge is -2.39. The van der Waals surface area contributed by atoms with Gasteiger partial charge in [-0.25, -0.2) is 4.39 Å². The smallest absolute Gasteiger partial charge is 0.253 e. The summed E-state index contributed by atoms with van der Waals surface area (Å²) in [4.78, 5) is 33.6. The molecule has 2 aliphatic rings. The van der Waals surface area contributed by atoms with Gasteiger partial charge in [-0.05, 0) is 71.7 Å². The third kappa shape index (κ3) is 5.78. The van der Waals surface area contributed by atoms with Gasteiger partial charge < -0.3 is 9.80 Å². The van der Waals surface area contributed by atoms with Crippen molar-refractivity contribution in [3.05, 3.63) is 92.9 Å². The lowest BCUT2D eigenvalue weighted by molar-refractivity contribution is -0.134. The van der Waals surface area contributed by atoms with E-state index in [-0.39, 0.29) is 30.2 Å². The molecule has 0 spiro atoms. The zero-order valence-electron chi connectivity index (χ0n) is 21.4. The first-order chi connectivity index (χ1) is 18.0. The number of carbonyl (C=O) groups excluding carboxylic acids is 2. The van der Waals surface area contributed by atoms with Crippen LogP contribution in [0.4, 0.5) is 4.39 Å². The molecule has 0 unspecified atom stereocenters. The first kappa shape index (κ1) is 25.6. The summed E-state index contributed by atoms with van der Waals surface area (Å²) in [5.41, 5.74) is 4.02. The standard InChI is InChI=1S/C30H34FN3O2S/c1-2-3-5-22-8-10-23(11-9-22)30(36)33-17-15-32(16-18-33)28(35)21-34-14-12-27-26(13-19-37-27)29(34)24-6-4-7-25(31)20-24/h4,6-11,13,19-20,29H,2-3,5,12,14-18,21H2,1H3/t29-/m0/s1. The van der Waals surface area contributed by atoms with Crippen molar-refractivity contribution in [1.29, 1.82) is 0 Å². The Kier molecular flexibility index (Phi) is 8.01. The van der Waals surface area contributed by atoms with Gasteiger partial charge in [0, 0.05) is 43.2 Å². The van der Waals surface area contributed by atoms with Gasteiger partial charge in [-0.2, -0.15) is 0 Å². The zero-order valence-corrected chi connectivity index (χ0v) is 22.2. The van der Waals surface area contributed by atoms with Crippen molar-refractivity contribution in [3.8, 4) is 0 Å². The molecule has 3 heterocycles. The van der Waals surface area contributed by atoms with Gasteiger partial charge in [-0.1, -0.05) is 37.6 Å². The highest BCUT2D eigenvalue weighted by Crippen LogP contribution is 2.37. The van der Waals surface area contributed by atoms with E-state index in [1.807, 2.05) is 28.0 Å². The Morgan fingerprint density at radius 3 is 2.46 bits per heavy atom. The van der Waals surface area contributed by atoms with Gasteiger partial charge in [0.15, 0.2) is 0 Å². The number of thiophene rings is 1. The number of halogens is 1. The van der Waals surface area contributed by atoms with Crippen molar-refractivity contribution in [2.75, 3.05) is 39.3 Å². The number of fused-ring (bicyclic) bond motifs is 1. The molecule has 0 N–H and O–H groups in total. The van der Waals surface area contributed by atoms with E-state index < -0.39 is 0 Å². The summed E-state index contributed by atoms with van der Waals surface area (Å²) < 4.78 is 14.1. The van der Waals surface area contributed by atoms with Crippen LogP contribution in [0.2, 0.25) is 0 Å². The largest absolute Gasteiger partial charge is 0.338 e. The van der Waals surface area contributed by atoms with Gasteiger partial charge in [0.1, 0.15) is 5.82 Å². The summed E-state index contributed by atoms with van der Waals surface area (Å²) in [6.07, 6.45) is 4.24. The van der Waals surface area contributed by atoms with E-state index in [1.54, 1.807) is 23.5 Å². The average Bonchev–Trinajstić information content (AvgIpc) is 3.40. The van der Waals surface area contributed by atoms with Crippen LogP contribution in [-0.2, 0) is 17.6 Å². The summed E-state index contributed by atoms with van der Waals surface area (Å²) in [6.45, 7) is 5.34. The summed E-state index contributed by atoms with van der Waals surface area (Å²) in [5, 5.41) is 2.08. The molecular weight excluding hydrogens is 485 g/mol. The monoisotopic (exact) mass is 519 g/mol.